The molecule has 0 aromatic rings. The molecule has 196 valence electrons. The molecule has 3 aliphatic carbocycles. The lowest BCUT2D eigenvalue weighted by Gasteiger charge is -2.41. The first kappa shape index (κ1) is 27.9. The number of fused-ring (bicyclic) bond motifs is 1. The number of carbonyl (C=O) groups is 1. The van der Waals surface area contributed by atoms with Crippen LogP contribution >= 0.6 is 0 Å². The molecule has 2 saturated carbocycles. The molecule has 0 aliphatic heterocycles. The topological polar surface area (TPSA) is 76.0 Å². The minimum atomic E-state index is -1.65. The molecule has 0 spiro atoms. The van der Waals surface area contributed by atoms with E-state index in [1.165, 1.54) is 18.4 Å². The first-order valence-corrected chi connectivity index (χ1v) is 13.2. The number of aliphatic hydroxyl groups is 2. The van der Waals surface area contributed by atoms with E-state index in [1.54, 1.807) is 5.57 Å². The monoisotopic (exact) mass is 486 g/mol. The van der Waals surface area contributed by atoms with Crippen molar-refractivity contribution < 1.29 is 24.5 Å². The maximum absolute atomic E-state index is 12.5. The number of hydrogen-bond donors (Lipinski definition) is 2. The zero-order valence-corrected chi connectivity index (χ0v) is 22.9. The third-order valence-electron chi connectivity index (χ3n) is 9.02. The second kappa shape index (κ2) is 9.99. The van der Waals surface area contributed by atoms with Crippen molar-refractivity contribution >= 4 is 5.97 Å². The summed E-state index contributed by atoms with van der Waals surface area (Å²) in [5.74, 6) is -1.67. The number of esters is 1. The van der Waals surface area contributed by atoms with E-state index in [4.69, 9.17) is 9.47 Å². The van der Waals surface area contributed by atoms with Crippen LogP contribution in [0.4, 0.5) is 0 Å². The lowest BCUT2D eigenvalue weighted by Crippen LogP contribution is -2.45. The molecule has 0 aromatic heterocycles. The summed E-state index contributed by atoms with van der Waals surface area (Å²) < 4.78 is 11.3. The summed E-state index contributed by atoms with van der Waals surface area (Å²) in [6.45, 7) is 18.1. The molecule has 3 rings (SSSR count). The molecule has 0 bridgehead atoms. The second-order valence-corrected chi connectivity index (χ2v) is 12.5. The van der Waals surface area contributed by atoms with Gasteiger partial charge in [0.1, 0.15) is 12.2 Å². The fraction of sp³-hybridized carbons (Fsp3) is 0.700. The quantitative estimate of drug-likeness (QED) is 0.267. The molecule has 5 nitrogen and oxygen atoms in total. The van der Waals surface area contributed by atoms with Gasteiger partial charge in [-0.3, -0.25) is 0 Å². The van der Waals surface area contributed by atoms with Gasteiger partial charge in [-0.2, -0.15) is 0 Å². The second-order valence-electron chi connectivity index (χ2n) is 12.5. The lowest BCUT2D eigenvalue weighted by molar-refractivity contribution is -0.230. The van der Waals surface area contributed by atoms with E-state index in [-0.39, 0.29) is 30.3 Å². The molecule has 0 unspecified atom stereocenters. The van der Waals surface area contributed by atoms with E-state index < -0.39 is 23.5 Å². The molecule has 0 saturated heterocycles. The minimum Gasteiger partial charge on any atom is -0.457 e. The van der Waals surface area contributed by atoms with Gasteiger partial charge >= 0.3 is 5.97 Å². The van der Waals surface area contributed by atoms with Gasteiger partial charge in [-0.25, -0.2) is 4.79 Å². The van der Waals surface area contributed by atoms with E-state index >= 15 is 0 Å². The maximum Gasteiger partial charge on any atom is 0.332 e. The van der Waals surface area contributed by atoms with E-state index in [0.29, 0.717) is 11.5 Å². The number of allylic oxidation sites excluding steroid dienone is 5. The van der Waals surface area contributed by atoms with Crippen molar-refractivity contribution in [1.82, 2.24) is 0 Å². The van der Waals surface area contributed by atoms with Crippen LogP contribution in [0.1, 0.15) is 93.4 Å². The lowest BCUT2D eigenvalue weighted by atomic mass is 9.64. The molecule has 35 heavy (non-hydrogen) atoms. The summed E-state index contributed by atoms with van der Waals surface area (Å²) in [6, 6.07) is 0. The summed E-state index contributed by atoms with van der Waals surface area (Å²) in [6.07, 6.45) is 11.4. The van der Waals surface area contributed by atoms with Crippen LogP contribution < -0.4 is 0 Å². The Labute approximate surface area is 212 Å². The van der Waals surface area contributed by atoms with Crippen LogP contribution in [0.5, 0.6) is 0 Å². The highest BCUT2D eigenvalue weighted by molar-refractivity contribution is 5.71. The van der Waals surface area contributed by atoms with Gasteiger partial charge in [0.2, 0.25) is 0 Å². The first-order chi connectivity index (χ1) is 16.1. The SMILES string of the molecule is C=C1C(=CC=C2CCC[C@]3(C)C(CC)=CC[C@@H]23)C[C@](O)(OCC(=O)OC(C)(C)C(C)(C)C)C[C@@H]1O. The van der Waals surface area contributed by atoms with Gasteiger partial charge in [-0.15, -0.1) is 0 Å². The van der Waals surface area contributed by atoms with Gasteiger partial charge in [-0.05, 0) is 68.4 Å². The summed E-state index contributed by atoms with van der Waals surface area (Å²) in [7, 11) is 0. The summed E-state index contributed by atoms with van der Waals surface area (Å²) in [5, 5.41) is 21.7. The normalized spacial score (nSPS) is 34.2. The van der Waals surface area contributed by atoms with Crippen LogP contribution in [0.15, 0.2) is 47.1 Å². The fourth-order valence-corrected chi connectivity index (χ4v) is 5.72. The molecule has 2 N–H and O–H groups in total. The zero-order chi connectivity index (χ0) is 26.2. The predicted octanol–water partition coefficient (Wildman–Crippen LogP) is 6.17. The summed E-state index contributed by atoms with van der Waals surface area (Å²) >= 11 is 0. The highest BCUT2D eigenvalue weighted by Crippen LogP contribution is 2.55. The predicted molar refractivity (Wildman–Crippen MR) is 140 cm³/mol. The van der Waals surface area contributed by atoms with Gasteiger partial charge in [0, 0.05) is 18.3 Å². The van der Waals surface area contributed by atoms with Gasteiger partial charge < -0.3 is 19.7 Å². The van der Waals surface area contributed by atoms with Crippen molar-refractivity contribution in [1.29, 1.82) is 0 Å². The van der Waals surface area contributed by atoms with Crippen LogP contribution in [0, 0.1) is 16.7 Å². The van der Waals surface area contributed by atoms with Crippen molar-refractivity contribution in [2.24, 2.45) is 16.7 Å². The van der Waals surface area contributed by atoms with Crippen molar-refractivity contribution in [2.45, 2.75) is 111 Å². The van der Waals surface area contributed by atoms with E-state index in [1.807, 2.05) is 40.7 Å². The van der Waals surface area contributed by atoms with Crippen molar-refractivity contribution in [3.05, 3.63) is 47.1 Å². The van der Waals surface area contributed by atoms with E-state index in [2.05, 4.69) is 32.6 Å². The third-order valence-corrected chi connectivity index (χ3v) is 9.02. The van der Waals surface area contributed by atoms with Crippen LogP contribution in [-0.2, 0) is 14.3 Å². The Bertz CT molecular complexity index is 931. The molecule has 0 radical (unpaired) electrons. The first-order valence-electron chi connectivity index (χ1n) is 13.2. The number of rotatable bonds is 6. The largest absolute Gasteiger partial charge is 0.457 e. The Morgan fingerprint density at radius 2 is 1.94 bits per heavy atom. The number of ether oxygens (including phenoxy) is 2. The molecule has 4 atom stereocenters. The van der Waals surface area contributed by atoms with Gasteiger partial charge in [0.15, 0.2) is 5.79 Å². The maximum atomic E-state index is 12.5. The molecule has 0 heterocycles. The van der Waals surface area contributed by atoms with Crippen LogP contribution in [0.3, 0.4) is 0 Å². The third kappa shape index (κ3) is 5.84. The molecular formula is C30H46O5. The summed E-state index contributed by atoms with van der Waals surface area (Å²) in [4.78, 5) is 12.5. The molecular weight excluding hydrogens is 440 g/mol. The Morgan fingerprint density at radius 1 is 1.26 bits per heavy atom. The van der Waals surface area contributed by atoms with Gasteiger partial charge in [0.25, 0.3) is 0 Å². The van der Waals surface area contributed by atoms with Crippen molar-refractivity contribution in [3.63, 3.8) is 0 Å². The Morgan fingerprint density at radius 3 is 2.57 bits per heavy atom. The average Bonchev–Trinajstić information content (AvgIpc) is 3.09. The molecule has 0 aromatic carbocycles. The van der Waals surface area contributed by atoms with Crippen LogP contribution in [0.2, 0.25) is 0 Å². The smallest absolute Gasteiger partial charge is 0.332 e. The van der Waals surface area contributed by atoms with Gasteiger partial charge in [-0.1, -0.05) is 70.6 Å². The number of aliphatic hydroxyl groups excluding tert-OH is 1. The molecule has 0 amide bonds. The molecule has 3 aliphatic rings. The number of carbonyl (C=O) groups excluding carboxylic acids is 1. The zero-order valence-electron chi connectivity index (χ0n) is 22.9. The highest BCUT2D eigenvalue weighted by atomic mass is 16.6. The van der Waals surface area contributed by atoms with Crippen LogP contribution in [0.25, 0.3) is 0 Å². The molecule has 2 fully saturated rings. The summed E-state index contributed by atoms with van der Waals surface area (Å²) in [5.41, 5.74) is 3.67. The average molecular weight is 487 g/mol. The van der Waals surface area contributed by atoms with E-state index in [9.17, 15) is 15.0 Å². The van der Waals surface area contributed by atoms with Crippen molar-refractivity contribution in [2.75, 3.05) is 6.61 Å². The van der Waals surface area contributed by atoms with Gasteiger partial charge in [0.05, 0.1) is 6.10 Å². The van der Waals surface area contributed by atoms with Crippen molar-refractivity contribution in [3.8, 4) is 0 Å². The van der Waals surface area contributed by atoms with E-state index in [0.717, 1.165) is 24.8 Å². The number of hydrogen-bond acceptors (Lipinski definition) is 5. The fourth-order valence-electron chi connectivity index (χ4n) is 5.72. The Hall–Kier alpha value is -1.69. The van der Waals surface area contributed by atoms with Crippen LogP contribution in [-0.4, -0.2) is 40.3 Å². The minimum absolute atomic E-state index is 0.0276. The Balaban J connectivity index is 1.71. The highest BCUT2D eigenvalue weighted by Gasteiger charge is 2.44. The Kier molecular flexibility index (Phi) is 7.96. The standard InChI is InChI=1S/C30H46O5/c1-9-23-14-15-24-21(11-10-16-29(23,24)8)12-13-22-17-30(33,18-25(31)20(22)2)34-19-26(32)35-28(6,7)27(3,4)5/h12-14,24-25,31,33H,2,9-11,15-19H2,1,3-8H3/t24-,25-,29+,30-/m0/s1. The molecule has 5 heteroatoms.